The van der Waals surface area contributed by atoms with Crippen LogP contribution >= 0.6 is 0 Å². The zero-order valence-corrected chi connectivity index (χ0v) is 13.0. The molecule has 23 heavy (non-hydrogen) atoms. The third kappa shape index (κ3) is 3.34. The van der Waals surface area contributed by atoms with Crippen LogP contribution in [0.3, 0.4) is 0 Å². The highest BCUT2D eigenvalue weighted by Gasteiger charge is 2.54. The smallest absolute Gasteiger partial charge is 0.321 e. The van der Waals surface area contributed by atoms with Gasteiger partial charge >= 0.3 is 6.03 Å². The first-order valence-corrected chi connectivity index (χ1v) is 7.66. The largest absolute Gasteiger partial charge is 0.322 e. The molecule has 1 saturated heterocycles. The minimum absolute atomic E-state index is 0.247. The van der Waals surface area contributed by atoms with Gasteiger partial charge in [0.1, 0.15) is 11.6 Å². The molecule has 2 rings (SSSR count). The van der Waals surface area contributed by atoms with Gasteiger partial charge in [-0.15, -0.1) is 0 Å². The number of carbonyl (C=O) groups excluding carboxylic acids is 3. The molecule has 1 unspecified atom stereocenters. The summed E-state index contributed by atoms with van der Waals surface area (Å²) in [6.07, 6.45) is 3.07. The van der Waals surface area contributed by atoms with E-state index in [2.05, 4.69) is 10.6 Å². The van der Waals surface area contributed by atoms with Crippen molar-refractivity contribution in [1.29, 1.82) is 0 Å². The van der Waals surface area contributed by atoms with Crippen LogP contribution in [-0.2, 0) is 9.59 Å². The van der Waals surface area contributed by atoms with Gasteiger partial charge in [0.15, 0.2) is 0 Å². The van der Waals surface area contributed by atoms with E-state index < -0.39 is 23.5 Å². The summed E-state index contributed by atoms with van der Waals surface area (Å²) in [5, 5.41) is 15.4. The number of hydrogen-bond acceptors (Lipinski definition) is 4. The van der Waals surface area contributed by atoms with Crippen molar-refractivity contribution in [3.8, 4) is 0 Å². The Bertz CT molecular complexity index is 578. The Balaban J connectivity index is 2.46. The third-order valence-electron chi connectivity index (χ3n) is 4.10. The summed E-state index contributed by atoms with van der Waals surface area (Å²) in [5.41, 5.74) is -0.820. The van der Waals surface area contributed by atoms with E-state index in [9.17, 15) is 19.6 Å². The maximum absolute atomic E-state index is 12.5. The molecule has 4 amide bonds. The number of benzene rings is 1. The molecule has 0 radical (unpaired) electrons. The second-order valence-electron chi connectivity index (χ2n) is 5.64. The molecule has 7 heteroatoms. The molecule has 1 heterocycles. The number of imide groups is 1. The number of hydrogen-bond donors (Lipinski definition) is 3. The molecule has 1 aliphatic rings. The first-order chi connectivity index (χ1) is 11.0. The number of nitrogens with zero attached hydrogens (tertiary/aromatic N) is 1. The zero-order chi connectivity index (χ0) is 16.9. The number of carbonyl (C=O) groups is 3. The molecule has 1 aromatic rings. The quantitative estimate of drug-likeness (QED) is 0.223. The van der Waals surface area contributed by atoms with Gasteiger partial charge in [0, 0.05) is 0 Å². The van der Waals surface area contributed by atoms with Crippen LogP contribution in [0.4, 0.5) is 4.79 Å². The van der Waals surface area contributed by atoms with Gasteiger partial charge in [-0.05, 0) is 12.0 Å². The third-order valence-corrected chi connectivity index (χ3v) is 4.10. The number of urea groups is 1. The molecule has 124 valence electrons. The predicted molar refractivity (Wildman–Crippen MR) is 82.4 cm³/mol. The molecule has 0 spiro atoms. The molecule has 1 fully saturated rings. The lowest BCUT2D eigenvalue weighted by Crippen LogP contribution is -2.56. The van der Waals surface area contributed by atoms with E-state index in [-0.39, 0.29) is 6.41 Å². The Morgan fingerprint density at radius 1 is 1.26 bits per heavy atom. The van der Waals surface area contributed by atoms with Gasteiger partial charge < -0.3 is 5.32 Å². The van der Waals surface area contributed by atoms with Gasteiger partial charge in [0.2, 0.25) is 6.41 Å². The highest BCUT2D eigenvalue weighted by atomic mass is 16.5. The molecule has 0 aliphatic carbocycles. The van der Waals surface area contributed by atoms with E-state index in [1.165, 1.54) is 0 Å². The van der Waals surface area contributed by atoms with Gasteiger partial charge in [0.05, 0.1) is 0 Å². The minimum Gasteiger partial charge on any atom is -0.321 e. The second kappa shape index (κ2) is 7.23. The van der Waals surface area contributed by atoms with E-state index in [1.54, 1.807) is 30.3 Å². The lowest BCUT2D eigenvalue weighted by molar-refractivity contribution is -0.171. The molecule has 0 bridgehead atoms. The van der Waals surface area contributed by atoms with Crippen molar-refractivity contribution < 1.29 is 19.6 Å². The van der Waals surface area contributed by atoms with Gasteiger partial charge in [-0.2, -0.15) is 0 Å². The molecule has 0 aromatic heterocycles. The molecular formula is C16H21N3O4. The van der Waals surface area contributed by atoms with Crippen molar-refractivity contribution in [2.45, 2.75) is 44.2 Å². The Hall–Kier alpha value is -2.41. The Morgan fingerprint density at radius 2 is 1.96 bits per heavy atom. The van der Waals surface area contributed by atoms with Crippen molar-refractivity contribution in [3.05, 3.63) is 35.9 Å². The maximum atomic E-state index is 12.5. The number of nitrogens with one attached hydrogen (secondary N) is 2. The predicted octanol–water partition coefficient (Wildman–Crippen LogP) is 1.73. The molecule has 2 atom stereocenters. The molecule has 7 nitrogen and oxygen atoms in total. The van der Waals surface area contributed by atoms with Gasteiger partial charge in [-0.25, -0.2) is 9.86 Å². The minimum atomic E-state index is -1.39. The summed E-state index contributed by atoms with van der Waals surface area (Å²) in [7, 11) is 0. The summed E-state index contributed by atoms with van der Waals surface area (Å²) in [4.78, 5) is 35.4. The lowest BCUT2D eigenvalue weighted by Gasteiger charge is -2.37. The standard InChI is InChI=1S/C16H21N3O4/c1-2-3-7-10-16(14(21)17-15(22)18-16)13(19(23)11-20)12-8-5-4-6-9-12/h4-6,8-9,11,13,23H,2-3,7,10H2,1H3,(H2,17,18,21,22)/t13-,16?/m0/s1. The molecule has 0 saturated carbocycles. The Labute approximate surface area is 134 Å². The van der Waals surface area contributed by atoms with Crippen LogP contribution in [0.5, 0.6) is 0 Å². The molecule has 3 N–H and O–H groups in total. The van der Waals surface area contributed by atoms with Gasteiger partial charge in [-0.3, -0.25) is 20.1 Å². The van der Waals surface area contributed by atoms with Crippen molar-refractivity contribution in [2.75, 3.05) is 0 Å². The first kappa shape index (κ1) is 17.0. The zero-order valence-electron chi connectivity index (χ0n) is 13.0. The van der Waals surface area contributed by atoms with E-state index in [0.717, 1.165) is 12.8 Å². The van der Waals surface area contributed by atoms with Gasteiger partial charge in [0.25, 0.3) is 5.91 Å². The highest BCUT2D eigenvalue weighted by Crippen LogP contribution is 2.36. The van der Waals surface area contributed by atoms with Crippen molar-refractivity contribution in [1.82, 2.24) is 15.7 Å². The van der Waals surface area contributed by atoms with Crippen molar-refractivity contribution >= 4 is 18.3 Å². The van der Waals surface area contributed by atoms with Crippen LogP contribution in [-0.4, -0.2) is 34.2 Å². The Morgan fingerprint density at radius 3 is 2.48 bits per heavy atom. The fourth-order valence-corrected chi connectivity index (χ4v) is 3.02. The summed E-state index contributed by atoms with van der Waals surface area (Å²) in [6, 6.07) is 7.08. The van der Waals surface area contributed by atoms with Crippen molar-refractivity contribution in [3.63, 3.8) is 0 Å². The summed E-state index contributed by atoms with van der Waals surface area (Å²) < 4.78 is 0. The van der Waals surface area contributed by atoms with E-state index in [0.29, 0.717) is 23.5 Å². The molecular weight excluding hydrogens is 298 g/mol. The van der Waals surface area contributed by atoms with Crippen LogP contribution in [0, 0.1) is 0 Å². The Kier molecular flexibility index (Phi) is 5.33. The maximum Gasteiger partial charge on any atom is 0.322 e. The monoisotopic (exact) mass is 319 g/mol. The fraction of sp³-hybridized carbons (Fsp3) is 0.438. The number of rotatable bonds is 8. The summed E-state index contributed by atoms with van der Waals surface area (Å²) in [6.45, 7) is 2.03. The number of amides is 4. The average Bonchev–Trinajstić information content (AvgIpc) is 2.83. The van der Waals surface area contributed by atoms with Crippen LogP contribution < -0.4 is 10.6 Å². The summed E-state index contributed by atoms with van der Waals surface area (Å²) >= 11 is 0. The SMILES string of the molecule is CCCCCC1([C@H](c2ccccc2)N(O)C=O)NC(=O)NC1=O. The van der Waals surface area contributed by atoms with Crippen LogP contribution in [0.1, 0.15) is 44.2 Å². The van der Waals surface area contributed by atoms with Crippen LogP contribution in [0.25, 0.3) is 0 Å². The topological polar surface area (TPSA) is 98.7 Å². The van der Waals surface area contributed by atoms with E-state index in [1.807, 2.05) is 6.92 Å². The molecule has 1 aromatic carbocycles. The normalized spacial score (nSPS) is 21.5. The van der Waals surface area contributed by atoms with Crippen LogP contribution in [0.2, 0.25) is 0 Å². The second-order valence-corrected chi connectivity index (χ2v) is 5.64. The fourth-order valence-electron chi connectivity index (χ4n) is 3.02. The summed E-state index contributed by atoms with van der Waals surface area (Å²) in [5.74, 6) is -0.534. The first-order valence-electron chi connectivity index (χ1n) is 7.66. The average molecular weight is 319 g/mol. The number of hydroxylamine groups is 2. The lowest BCUT2D eigenvalue weighted by atomic mass is 9.80. The number of unbranched alkanes of at least 4 members (excludes halogenated alkanes) is 2. The highest BCUT2D eigenvalue weighted by molar-refractivity contribution is 6.07. The van der Waals surface area contributed by atoms with E-state index in [4.69, 9.17) is 0 Å². The van der Waals surface area contributed by atoms with Crippen LogP contribution in [0.15, 0.2) is 30.3 Å². The van der Waals surface area contributed by atoms with Crippen molar-refractivity contribution in [2.24, 2.45) is 0 Å². The van der Waals surface area contributed by atoms with E-state index >= 15 is 0 Å². The molecule has 1 aliphatic heterocycles. The van der Waals surface area contributed by atoms with Gasteiger partial charge in [-0.1, -0.05) is 56.5 Å².